The molecule has 3 N–H and O–H groups in total. The molecule has 2 rings (SSSR count). The number of rotatable bonds is 5. The highest BCUT2D eigenvalue weighted by Gasteiger charge is 2.30. The van der Waals surface area contributed by atoms with Crippen molar-refractivity contribution in [1.29, 1.82) is 0 Å². The number of sulfonamides is 1. The van der Waals surface area contributed by atoms with Gasteiger partial charge in [0.25, 0.3) is 0 Å². The van der Waals surface area contributed by atoms with E-state index in [2.05, 4.69) is 11.6 Å². The van der Waals surface area contributed by atoms with Crippen LogP contribution in [0.15, 0.2) is 17.0 Å². The second kappa shape index (κ2) is 6.73. The second-order valence-corrected chi connectivity index (χ2v) is 8.69. The molecule has 4 nitrogen and oxygen atoms in total. The molecular formula is C13H18ClFN2O2S2. The number of benzene rings is 1. The standard InChI is InChI=1S/C13H18ClFN2O2S2/c1-2-20-10-4-3-9(7-10)17-21(18,19)12-6-8(16)5-11(14)13(12)15/h5-6,9-10,17H,2-4,7,16H2,1H3. The number of halogens is 2. The first-order valence-electron chi connectivity index (χ1n) is 6.72. The Bertz CT molecular complexity index is 625. The number of nitrogens with two attached hydrogens (primary N) is 1. The summed E-state index contributed by atoms with van der Waals surface area (Å²) in [4.78, 5) is -0.487. The van der Waals surface area contributed by atoms with Crippen LogP contribution in [0.4, 0.5) is 10.1 Å². The average molecular weight is 353 g/mol. The van der Waals surface area contributed by atoms with E-state index in [0.717, 1.165) is 31.1 Å². The van der Waals surface area contributed by atoms with Gasteiger partial charge in [-0.15, -0.1) is 0 Å². The Morgan fingerprint density at radius 2 is 2.19 bits per heavy atom. The van der Waals surface area contributed by atoms with E-state index >= 15 is 0 Å². The van der Waals surface area contributed by atoms with E-state index in [9.17, 15) is 12.8 Å². The lowest BCUT2D eigenvalue weighted by atomic mass is 10.3. The van der Waals surface area contributed by atoms with E-state index in [4.69, 9.17) is 17.3 Å². The number of nitrogens with one attached hydrogen (secondary N) is 1. The van der Waals surface area contributed by atoms with Gasteiger partial charge in [0.15, 0.2) is 5.82 Å². The summed E-state index contributed by atoms with van der Waals surface area (Å²) < 4.78 is 41.1. The van der Waals surface area contributed by atoms with Crippen LogP contribution in [-0.2, 0) is 10.0 Å². The van der Waals surface area contributed by atoms with Crippen LogP contribution in [0.2, 0.25) is 5.02 Å². The van der Waals surface area contributed by atoms with Gasteiger partial charge in [-0.05, 0) is 37.1 Å². The predicted molar refractivity (Wildman–Crippen MR) is 85.7 cm³/mol. The molecule has 1 saturated carbocycles. The zero-order valence-corrected chi connectivity index (χ0v) is 14.0. The van der Waals surface area contributed by atoms with Crippen molar-refractivity contribution in [2.75, 3.05) is 11.5 Å². The second-order valence-electron chi connectivity index (χ2n) is 5.02. The van der Waals surface area contributed by atoms with Crippen molar-refractivity contribution in [1.82, 2.24) is 4.72 Å². The summed E-state index contributed by atoms with van der Waals surface area (Å²) in [5.74, 6) is 0.0414. The first-order chi connectivity index (χ1) is 9.83. The van der Waals surface area contributed by atoms with Crippen molar-refractivity contribution in [3.8, 4) is 0 Å². The van der Waals surface area contributed by atoms with Gasteiger partial charge in [0.05, 0.1) is 5.02 Å². The number of nitrogen functional groups attached to an aromatic ring is 1. The van der Waals surface area contributed by atoms with Crippen LogP contribution in [0.3, 0.4) is 0 Å². The molecule has 0 radical (unpaired) electrons. The van der Waals surface area contributed by atoms with E-state index < -0.39 is 20.7 Å². The fourth-order valence-electron chi connectivity index (χ4n) is 2.50. The normalized spacial score (nSPS) is 22.6. The molecular weight excluding hydrogens is 335 g/mol. The lowest BCUT2D eigenvalue weighted by molar-refractivity contribution is 0.537. The molecule has 1 aromatic rings. The van der Waals surface area contributed by atoms with Crippen molar-refractivity contribution < 1.29 is 12.8 Å². The quantitative estimate of drug-likeness (QED) is 0.799. The fraction of sp³-hybridized carbons (Fsp3) is 0.538. The van der Waals surface area contributed by atoms with E-state index in [-0.39, 0.29) is 16.8 Å². The Morgan fingerprint density at radius 1 is 1.48 bits per heavy atom. The van der Waals surface area contributed by atoms with E-state index in [1.54, 1.807) is 0 Å². The van der Waals surface area contributed by atoms with E-state index in [1.165, 1.54) is 6.07 Å². The Hall–Kier alpha value is -0.500. The molecule has 2 atom stereocenters. The van der Waals surface area contributed by atoms with Crippen molar-refractivity contribution in [3.05, 3.63) is 23.0 Å². The molecule has 0 bridgehead atoms. The first kappa shape index (κ1) is 16.9. The van der Waals surface area contributed by atoms with Gasteiger partial charge < -0.3 is 5.73 Å². The van der Waals surface area contributed by atoms with E-state index in [0.29, 0.717) is 5.25 Å². The third-order valence-electron chi connectivity index (χ3n) is 3.42. The van der Waals surface area contributed by atoms with Gasteiger partial charge >= 0.3 is 0 Å². The molecule has 21 heavy (non-hydrogen) atoms. The van der Waals surface area contributed by atoms with Crippen LogP contribution >= 0.6 is 23.4 Å². The van der Waals surface area contributed by atoms with Crippen LogP contribution in [0.25, 0.3) is 0 Å². The molecule has 1 fully saturated rings. The summed E-state index contributed by atoms with van der Waals surface area (Å²) in [6, 6.07) is 2.12. The third-order valence-corrected chi connectivity index (χ3v) is 6.44. The van der Waals surface area contributed by atoms with Crippen LogP contribution in [0.5, 0.6) is 0 Å². The van der Waals surface area contributed by atoms with Crippen molar-refractivity contribution in [2.45, 2.75) is 42.4 Å². The summed E-state index contributed by atoms with van der Waals surface area (Å²) >= 11 is 7.48. The summed E-state index contributed by atoms with van der Waals surface area (Å²) in [6.07, 6.45) is 2.48. The largest absolute Gasteiger partial charge is 0.399 e. The molecule has 1 aliphatic carbocycles. The summed E-state index contributed by atoms with van der Waals surface area (Å²) in [6.45, 7) is 2.08. The molecule has 0 amide bonds. The summed E-state index contributed by atoms with van der Waals surface area (Å²) in [5, 5.41) is 0.165. The van der Waals surface area contributed by atoms with Crippen molar-refractivity contribution in [3.63, 3.8) is 0 Å². The number of hydrogen-bond acceptors (Lipinski definition) is 4. The molecule has 0 aromatic heterocycles. The Morgan fingerprint density at radius 3 is 2.86 bits per heavy atom. The minimum atomic E-state index is -3.96. The van der Waals surface area contributed by atoms with Gasteiger partial charge in [-0.2, -0.15) is 11.8 Å². The SMILES string of the molecule is CCSC1CCC(NS(=O)(=O)c2cc(N)cc(Cl)c2F)C1. The smallest absolute Gasteiger partial charge is 0.243 e. The molecule has 1 aliphatic rings. The molecule has 0 spiro atoms. The van der Waals surface area contributed by atoms with Gasteiger partial charge in [-0.25, -0.2) is 17.5 Å². The fourth-order valence-corrected chi connectivity index (χ4v) is 5.34. The maximum atomic E-state index is 13.9. The van der Waals surface area contributed by atoms with Gasteiger partial charge in [-0.1, -0.05) is 18.5 Å². The number of anilines is 1. The van der Waals surface area contributed by atoms with Crippen LogP contribution in [0, 0.1) is 5.82 Å². The highest BCUT2D eigenvalue weighted by Crippen LogP contribution is 2.31. The van der Waals surface area contributed by atoms with Crippen LogP contribution in [-0.4, -0.2) is 25.5 Å². The molecule has 0 saturated heterocycles. The Balaban J connectivity index is 2.16. The lowest BCUT2D eigenvalue weighted by Gasteiger charge is -2.14. The van der Waals surface area contributed by atoms with Gasteiger partial charge in [0.2, 0.25) is 10.0 Å². The molecule has 2 unspecified atom stereocenters. The van der Waals surface area contributed by atoms with Crippen molar-refractivity contribution >= 4 is 39.1 Å². The van der Waals surface area contributed by atoms with E-state index in [1.807, 2.05) is 11.8 Å². The highest BCUT2D eigenvalue weighted by atomic mass is 35.5. The summed E-state index contributed by atoms with van der Waals surface area (Å²) in [5.41, 5.74) is 5.67. The first-order valence-corrected chi connectivity index (χ1v) is 9.63. The predicted octanol–water partition coefficient (Wildman–Crippen LogP) is 3.01. The topological polar surface area (TPSA) is 72.2 Å². The third kappa shape index (κ3) is 4.03. The van der Waals surface area contributed by atoms with Crippen LogP contribution < -0.4 is 10.5 Å². The lowest BCUT2D eigenvalue weighted by Crippen LogP contribution is -2.33. The van der Waals surface area contributed by atoms with Gasteiger partial charge in [0.1, 0.15) is 4.90 Å². The average Bonchev–Trinajstić information content (AvgIpc) is 2.80. The Labute approximate surface area is 133 Å². The number of hydrogen-bond donors (Lipinski definition) is 2. The van der Waals surface area contributed by atoms with Gasteiger partial charge in [-0.3, -0.25) is 0 Å². The molecule has 1 aromatic carbocycles. The van der Waals surface area contributed by atoms with Crippen molar-refractivity contribution in [2.24, 2.45) is 0 Å². The molecule has 118 valence electrons. The van der Waals surface area contributed by atoms with Gasteiger partial charge in [0, 0.05) is 17.0 Å². The minimum absolute atomic E-state index is 0.118. The number of thioether (sulfide) groups is 1. The highest BCUT2D eigenvalue weighted by molar-refractivity contribution is 7.99. The monoisotopic (exact) mass is 352 g/mol. The minimum Gasteiger partial charge on any atom is -0.399 e. The molecule has 0 heterocycles. The maximum Gasteiger partial charge on any atom is 0.243 e. The zero-order valence-electron chi connectivity index (χ0n) is 11.6. The molecule has 8 heteroatoms. The zero-order chi connectivity index (χ0) is 15.6. The maximum absolute atomic E-state index is 13.9. The summed E-state index contributed by atoms with van der Waals surface area (Å²) in [7, 11) is -3.96. The molecule has 0 aliphatic heterocycles. The Kier molecular flexibility index (Phi) is 5.40. The van der Waals surface area contributed by atoms with Crippen LogP contribution in [0.1, 0.15) is 26.2 Å².